The molecule has 0 spiro atoms. The summed E-state index contributed by atoms with van der Waals surface area (Å²) < 4.78 is 5.80. The van der Waals surface area contributed by atoms with E-state index >= 15 is 0 Å². The minimum Gasteiger partial charge on any atom is -0.396 e. The van der Waals surface area contributed by atoms with Crippen LogP contribution in [0.25, 0.3) is 0 Å². The third-order valence-corrected chi connectivity index (χ3v) is 4.84. The van der Waals surface area contributed by atoms with Gasteiger partial charge in [-0.15, -0.1) is 0 Å². The lowest BCUT2D eigenvalue weighted by Crippen LogP contribution is -2.44. The molecule has 20 heavy (non-hydrogen) atoms. The van der Waals surface area contributed by atoms with E-state index in [0.29, 0.717) is 31.2 Å². The van der Waals surface area contributed by atoms with Gasteiger partial charge in [0.2, 0.25) is 0 Å². The predicted molar refractivity (Wildman–Crippen MR) is 79.7 cm³/mol. The lowest BCUT2D eigenvalue weighted by Gasteiger charge is -2.32. The van der Waals surface area contributed by atoms with E-state index in [1.165, 1.54) is 32.1 Å². The molecule has 0 amide bonds. The predicted octanol–water partition coefficient (Wildman–Crippen LogP) is 1.84. The first-order valence-electron chi connectivity index (χ1n) is 8.43. The molecular weight excluding hydrogens is 254 g/mol. The van der Waals surface area contributed by atoms with Crippen LogP contribution >= 0.6 is 0 Å². The van der Waals surface area contributed by atoms with Crippen LogP contribution in [0.3, 0.4) is 0 Å². The number of ether oxygens (including phenoxy) is 1. The molecule has 2 saturated carbocycles. The van der Waals surface area contributed by atoms with Gasteiger partial charge in [0.25, 0.3) is 0 Å². The van der Waals surface area contributed by atoms with Crippen LogP contribution in [0.1, 0.15) is 57.8 Å². The molecule has 0 saturated heterocycles. The van der Waals surface area contributed by atoms with Crippen molar-refractivity contribution in [2.75, 3.05) is 19.8 Å². The minimum atomic E-state index is -0.432. The quantitative estimate of drug-likeness (QED) is 0.668. The molecule has 0 aromatic carbocycles. The zero-order valence-corrected chi connectivity index (χ0v) is 12.6. The number of aliphatic hydroxyl groups is 2. The van der Waals surface area contributed by atoms with Crippen LogP contribution < -0.4 is 5.32 Å². The van der Waals surface area contributed by atoms with Crippen LogP contribution in [0.4, 0.5) is 0 Å². The Morgan fingerprint density at radius 2 is 1.70 bits per heavy atom. The van der Waals surface area contributed by atoms with E-state index < -0.39 is 6.10 Å². The molecule has 3 unspecified atom stereocenters. The SMILES string of the molecule is OCC1CCCCC1NCC(O)COC1CCCCC1. The Balaban J connectivity index is 1.59. The van der Waals surface area contributed by atoms with Crippen molar-refractivity contribution >= 4 is 0 Å². The van der Waals surface area contributed by atoms with Crippen molar-refractivity contribution in [1.82, 2.24) is 5.32 Å². The van der Waals surface area contributed by atoms with Gasteiger partial charge in [-0.05, 0) is 31.6 Å². The van der Waals surface area contributed by atoms with Crippen LogP contribution in [0.15, 0.2) is 0 Å². The molecular formula is C16H31NO3. The molecule has 118 valence electrons. The standard InChI is InChI=1S/C16H31NO3/c18-11-13-6-4-5-9-16(13)17-10-14(19)12-20-15-7-2-1-3-8-15/h13-19H,1-12H2. The Labute approximate surface area is 122 Å². The van der Waals surface area contributed by atoms with Crippen molar-refractivity contribution in [2.24, 2.45) is 5.92 Å². The highest BCUT2D eigenvalue weighted by Gasteiger charge is 2.24. The molecule has 0 radical (unpaired) electrons. The Kier molecular flexibility index (Phi) is 7.28. The molecule has 2 aliphatic carbocycles. The highest BCUT2D eigenvalue weighted by Crippen LogP contribution is 2.24. The monoisotopic (exact) mass is 285 g/mol. The lowest BCUT2D eigenvalue weighted by atomic mass is 9.85. The van der Waals surface area contributed by atoms with Crippen molar-refractivity contribution in [2.45, 2.75) is 76.0 Å². The zero-order valence-electron chi connectivity index (χ0n) is 12.6. The molecule has 3 N–H and O–H groups in total. The van der Waals surface area contributed by atoms with Gasteiger partial charge in [-0.2, -0.15) is 0 Å². The summed E-state index contributed by atoms with van der Waals surface area (Å²) in [7, 11) is 0. The average molecular weight is 285 g/mol. The molecule has 3 atom stereocenters. The Morgan fingerprint density at radius 3 is 2.45 bits per heavy atom. The molecule has 0 heterocycles. The Bertz CT molecular complexity index is 256. The first-order chi connectivity index (χ1) is 9.79. The largest absolute Gasteiger partial charge is 0.396 e. The summed E-state index contributed by atoms with van der Waals surface area (Å²) in [5.41, 5.74) is 0. The van der Waals surface area contributed by atoms with Gasteiger partial charge in [-0.3, -0.25) is 0 Å². The summed E-state index contributed by atoms with van der Waals surface area (Å²) in [6.45, 7) is 1.27. The summed E-state index contributed by atoms with van der Waals surface area (Å²) in [5, 5.41) is 22.8. The first kappa shape index (κ1) is 16.2. The fourth-order valence-corrected chi connectivity index (χ4v) is 3.52. The number of nitrogens with one attached hydrogen (secondary N) is 1. The summed E-state index contributed by atoms with van der Waals surface area (Å²) in [6.07, 6.45) is 10.7. The first-order valence-corrected chi connectivity index (χ1v) is 8.43. The highest BCUT2D eigenvalue weighted by molar-refractivity contribution is 4.81. The smallest absolute Gasteiger partial charge is 0.0897 e. The van der Waals surface area contributed by atoms with Crippen molar-refractivity contribution in [3.63, 3.8) is 0 Å². The number of hydrogen-bond acceptors (Lipinski definition) is 4. The maximum absolute atomic E-state index is 10.0. The van der Waals surface area contributed by atoms with E-state index in [1.807, 2.05) is 0 Å². The van der Waals surface area contributed by atoms with Gasteiger partial charge >= 0.3 is 0 Å². The van der Waals surface area contributed by atoms with E-state index in [4.69, 9.17) is 4.74 Å². The maximum atomic E-state index is 10.0. The van der Waals surface area contributed by atoms with Gasteiger partial charge in [0.05, 0.1) is 18.8 Å². The zero-order chi connectivity index (χ0) is 14.2. The molecule has 0 aliphatic heterocycles. The fraction of sp³-hybridized carbons (Fsp3) is 1.00. The Morgan fingerprint density at radius 1 is 1.00 bits per heavy atom. The van der Waals surface area contributed by atoms with Gasteiger partial charge in [0, 0.05) is 19.2 Å². The molecule has 0 aromatic heterocycles. The fourth-order valence-electron chi connectivity index (χ4n) is 3.52. The van der Waals surface area contributed by atoms with E-state index in [2.05, 4.69) is 5.32 Å². The van der Waals surface area contributed by atoms with Crippen LogP contribution in [0.5, 0.6) is 0 Å². The third-order valence-electron chi connectivity index (χ3n) is 4.84. The van der Waals surface area contributed by atoms with Gasteiger partial charge in [0.1, 0.15) is 0 Å². The summed E-state index contributed by atoms with van der Waals surface area (Å²) >= 11 is 0. The molecule has 4 nitrogen and oxygen atoms in total. The second kappa shape index (κ2) is 8.98. The normalized spacial score (nSPS) is 30.3. The van der Waals surface area contributed by atoms with Crippen LogP contribution in [-0.4, -0.2) is 48.2 Å². The number of rotatable bonds is 7. The Hall–Kier alpha value is -0.160. The van der Waals surface area contributed by atoms with Gasteiger partial charge in [-0.25, -0.2) is 0 Å². The highest BCUT2D eigenvalue weighted by atomic mass is 16.5. The number of aliphatic hydroxyl groups excluding tert-OH is 2. The van der Waals surface area contributed by atoms with Gasteiger partial charge < -0.3 is 20.3 Å². The molecule has 4 heteroatoms. The topological polar surface area (TPSA) is 61.7 Å². The summed E-state index contributed by atoms with van der Waals surface area (Å²) in [6, 6.07) is 0.359. The molecule has 0 bridgehead atoms. The van der Waals surface area contributed by atoms with E-state index in [0.717, 1.165) is 25.7 Å². The third kappa shape index (κ3) is 5.32. The molecule has 2 fully saturated rings. The minimum absolute atomic E-state index is 0.256. The van der Waals surface area contributed by atoms with Crippen LogP contribution in [0, 0.1) is 5.92 Å². The van der Waals surface area contributed by atoms with E-state index in [-0.39, 0.29) is 6.61 Å². The van der Waals surface area contributed by atoms with Gasteiger partial charge in [0.15, 0.2) is 0 Å². The van der Waals surface area contributed by atoms with E-state index in [9.17, 15) is 10.2 Å². The lowest BCUT2D eigenvalue weighted by molar-refractivity contribution is -0.0247. The maximum Gasteiger partial charge on any atom is 0.0897 e. The molecule has 2 rings (SSSR count). The van der Waals surface area contributed by atoms with Gasteiger partial charge in [-0.1, -0.05) is 32.1 Å². The van der Waals surface area contributed by atoms with E-state index in [1.54, 1.807) is 0 Å². The van der Waals surface area contributed by atoms with Crippen LogP contribution in [-0.2, 0) is 4.74 Å². The summed E-state index contributed by atoms with van der Waals surface area (Å²) in [4.78, 5) is 0. The second-order valence-corrected chi connectivity index (χ2v) is 6.49. The second-order valence-electron chi connectivity index (χ2n) is 6.49. The average Bonchev–Trinajstić information content (AvgIpc) is 2.52. The van der Waals surface area contributed by atoms with Crippen molar-refractivity contribution < 1.29 is 14.9 Å². The summed E-state index contributed by atoms with van der Waals surface area (Å²) in [5.74, 6) is 0.357. The van der Waals surface area contributed by atoms with Crippen molar-refractivity contribution in [3.05, 3.63) is 0 Å². The molecule has 2 aliphatic rings. The van der Waals surface area contributed by atoms with Crippen LogP contribution in [0.2, 0.25) is 0 Å². The van der Waals surface area contributed by atoms with Crippen molar-refractivity contribution in [1.29, 1.82) is 0 Å². The number of hydrogen-bond donors (Lipinski definition) is 3. The van der Waals surface area contributed by atoms with Crippen molar-refractivity contribution in [3.8, 4) is 0 Å². The molecule has 0 aromatic rings.